The van der Waals surface area contributed by atoms with Crippen molar-refractivity contribution in [3.05, 3.63) is 70.9 Å². The summed E-state index contributed by atoms with van der Waals surface area (Å²) < 4.78 is 73.4. The second-order valence-electron chi connectivity index (χ2n) is 7.22. The van der Waals surface area contributed by atoms with Crippen LogP contribution in [0.4, 0.5) is 19.0 Å². The van der Waals surface area contributed by atoms with Crippen molar-refractivity contribution >= 4 is 33.0 Å². The van der Waals surface area contributed by atoms with E-state index in [1.54, 1.807) is 24.3 Å². The quantitative estimate of drug-likeness (QED) is 0.517. The predicted octanol–water partition coefficient (Wildman–Crippen LogP) is 5.10. The maximum atomic E-state index is 13.7. The number of benzene rings is 2. The van der Waals surface area contributed by atoms with Crippen molar-refractivity contribution in [2.24, 2.45) is 4.99 Å². The van der Waals surface area contributed by atoms with Crippen molar-refractivity contribution in [2.45, 2.75) is 29.3 Å². The smallest absolute Gasteiger partial charge is 0.435 e. The highest BCUT2D eigenvalue weighted by Crippen LogP contribution is 2.41. The van der Waals surface area contributed by atoms with Crippen LogP contribution in [0, 0.1) is 0 Å². The zero-order valence-corrected chi connectivity index (χ0v) is 18.4. The molecule has 2 unspecified atom stereocenters. The van der Waals surface area contributed by atoms with Crippen molar-refractivity contribution in [3.63, 3.8) is 0 Å². The number of sulfone groups is 1. The third-order valence-electron chi connectivity index (χ3n) is 5.19. The number of fused-ring (bicyclic) bond motifs is 1. The Morgan fingerprint density at radius 2 is 1.69 bits per heavy atom. The molecular weight excluding hydrogens is 467 g/mol. The van der Waals surface area contributed by atoms with Crippen LogP contribution in [-0.4, -0.2) is 36.3 Å². The lowest BCUT2D eigenvalue weighted by Crippen LogP contribution is -2.41. The zero-order chi connectivity index (χ0) is 23.3. The first kappa shape index (κ1) is 22.3. The van der Waals surface area contributed by atoms with Crippen molar-refractivity contribution in [1.29, 1.82) is 0 Å². The number of alkyl halides is 3. The molecule has 0 saturated heterocycles. The highest BCUT2D eigenvalue weighted by Gasteiger charge is 2.45. The number of methoxy groups -OCH3 is 1. The summed E-state index contributed by atoms with van der Waals surface area (Å²) in [4.78, 5) is 4.16. The maximum Gasteiger partial charge on any atom is 0.435 e. The SMILES string of the molecule is COc1ccc(S(=O)(=O)C2C(C)=Nc3cc(C(F)(F)F)nn3C2c2ccc(Cl)cc2)cc1. The van der Waals surface area contributed by atoms with E-state index < -0.39 is 33.0 Å². The predicted molar refractivity (Wildman–Crippen MR) is 114 cm³/mol. The van der Waals surface area contributed by atoms with E-state index in [4.69, 9.17) is 16.3 Å². The van der Waals surface area contributed by atoms with E-state index in [2.05, 4.69) is 10.1 Å². The van der Waals surface area contributed by atoms with Gasteiger partial charge in [-0.05, 0) is 48.9 Å². The Bertz CT molecular complexity index is 1280. The first-order valence-corrected chi connectivity index (χ1v) is 11.3. The molecule has 2 atom stereocenters. The van der Waals surface area contributed by atoms with Crippen LogP contribution >= 0.6 is 11.6 Å². The minimum atomic E-state index is -4.71. The Labute approximate surface area is 187 Å². The summed E-state index contributed by atoms with van der Waals surface area (Å²) in [5, 5.41) is 2.81. The fourth-order valence-corrected chi connectivity index (χ4v) is 5.74. The third-order valence-corrected chi connectivity index (χ3v) is 7.64. The van der Waals surface area contributed by atoms with Gasteiger partial charge in [0.2, 0.25) is 0 Å². The minimum absolute atomic E-state index is 0.0107. The fraction of sp³-hybridized carbons (Fsp3) is 0.238. The van der Waals surface area contributed by atoms with E-state index in [-0.39, 0.29) is 16.4 Å². The number of aliphatic imine (C=N–C) groups is 1. The van der Waals surface area contributed by atoms with Crippen LogP contribution in [0.2, 0.25) is 5.02 Å². The lowest BCUT2D eigenvalue weighted by Gasteiger charge is -2.31. The number of nitrogens with zero attached hydrogens (tertiary/aromatic N) is 3. The van der Waals surface area contributed by atoms with Gasteiger partial charge in [-0.25, -0.2) is 18.1 Å². The van der Waals surface area contributed by atoms with Crippen LogP contribution in [0.25, 0.3) is 0 Å². The molecule has 11 heteroatoms. The van der Waals surface area contributed by atoms with Crippen LogP contribution in [0.3, 0.4) is 0 Å². The molecule has 3 aromatic rings. The molecule has 0 aliphatic carbocycles. The van der Waals surface area contributed by atoms with Gasteiger partial charge in [-0.2, -0.15) is 18.3 Å². The molecule has 2 aromatic carbocycles. The van der Waals surface area contributed by atoms with Crippen molar-refractivity contribution in [3.8, 4) is 5.75 Å². The highest BCUT2D eigenvalue weighted by molar-refractivity contribution is 7.92. The average molecular weight is 484 g/mol. The van der Waals surface area contributed by atoms with Gasteiger partial charge in [-0.1, -0.05) is 23.7 Å². The van der Waals surface area contributed by atoms with Crippen molar-refractivity contribution in [2.75, 3.05) is 7.11 Å². The second kappa shape index (κ2) is 7.93. The van der Waals surface area contributed by atoms with E-state index >= 15 is 0 Å². The molecule has 0 bridgehead atoms. The molecular formula is C21H17ClF3N3O3S. The Hall–Kier alpha value is -2.85. The summed E-state index contributed by atoms with van der Waals surface area (Å²) in [7, 11) is -2.62. The molecule has 0 saturated carbocycles. The van der Waals surface area contributed by atoms with Crippen LogP contribution in [0.5, 0.6) is 5.75 Å². The van der Waals surface area contributed by atoms with Gasteiger partial charge < -0.3 is 4.74 Å². The van der Waals surface area contributed by atoms with E-state index in [9.17, 15) is 21.6 Å². The second-order valence-corrected chi connectivity index (χ2v) is 9.73. The Kier molecular flexibility index (Phi) is 5.54. The third kappa shape index (κ3) is 3.88. The van der Waals surface area contributed by atoms with Crippen LogP contribution < -0.4 is 4.74 Å². The number of halogens is 4. The minimum Gasteiger partial charge on any atom is -0.497 e. The van der Waals surface area contributed by atoms with E-state index in [1.807, 2.05) is 0 Å². The van der Waals surface area contributed by atoms with Gasteiger partial charge in [-0.3, -0.25) is 0 Å². The topological polar surface area (TPSA) is 73.6 Å². The van der Waals surface area contributed by atoms with Gasteiger partial charge in [0.1, 0.15) is 17.0 Å². The molecule has 0 N–H and O–H groups in total. The van der Waals surface area contributed by atoms with E-state index in [0.29, 0.717) is 16.3 Å². The molecule has 6 nitrogen and oxygen atoms in total. The molecule has 0 amide bonds. The Morgan fingerprint density at radius 1 is 1.06 bits per heavy atom. The molecule has 0 radical (unpaired) electrons. The van der Waals surface area contributed by atoms with Gasteiger partial charge in [0.05, 0.1) is 12.0 Å². The summed E-state index contributed by atoms with van der Waals surface area (Å²) in [5.41, 5.74) is -0.559. The van der Waals surface area contributed by atoms with Gasteiger partial charge in [0.15, 0.2) is 21.3 Å². The average Bonchev–Trinajstić information content (AvgIpc) is 3.17. The normalized spacial score (nSPS) is 18.8. The van der Waals surface area contributed by atoms with Crippen LogP contribution in [0.1, 0.15) is 24.2 Å². The Morgan fingerprint density at radius 3 is 2.25 bits per heavy atom. The number of rotatable bonds is 4. The molecule has 0 spiro atoms. The molecule has 0 fully saturated rings. The largest absolute Gasteiger partial charge is 0.497 e. The van der Waals surface area contributed by atoms with Crippen molar-refractivity contribution < 1.29 is 26.3 Å². The van der Waals surface area contributed by atoms with Crippen LogP contribution in [0.15, 0.2) is 64.5 Å². The summed E-state index contributed by atoms with van der Waals surface area (Å²) in [6, 6.07) is 11.7. The summed E-state index contributed by atoms with van der Waals surface area (Å²) in [6.45, 7) is 1.48. The lowest BCUT2D eigenvalue weighted by molar-refractivity contribution is -0.141. The first-order valence-electron chi connectivity index (χ1n) is 9.37. The summed E-state index contributed by atoms with van der Waals surface area (Å²) in [6.07, 6.45) is -4.71. The fourth-order valence-electron chi connectivity index (χ4n) is 3.69. The molecule has 1 aromatic heterocycles. The lowest BCUT2D eigenvalue weighted by atomic mass is 10.00. The maximum absolute atomic E-state index is 13.7. The standard InChI is InChI=1S/C21H17ClF3N3O3S/c1-12-20(32(29,30)16-9-7-15(31-2)8-10-16)19(13-3-5-14(22)6-4-13)28-18(26-12)11-17(27-28)21(23,24)25/h3-11,19-20H,1-2H3. The van der Waals surface area contributed by atoms with Gasteiger partial charge in [-0.15, -0.1) is 0 Å². The molecule has 4 rings (SSSR count). The zero-order valence-electron chi connectivity index (χ0n) is 16.8. The monoisotopic (exact) mass is 483 g/mol. The van der Waals surface area contributed by atoms with Gasteiger partial charge >= 0.3 is 6.18 Å². The van der Waals surface area contributed by atoms with Crippen molar-refractivity contribution in [1.82, 2.24) is 9.78 Å². The highest BCUT2D eigenvalue weighted by atomic mass is 35.5. The number of hydrogen-bond acceptors (Lipinski definition) is 5. The molecule has 32 heavy (non-hydrogen) atoms. The summed E-state index contributed by atoms with van der Waals surface area (Å²) >= 11 is 5.97. The number of aromatic nitrogens is 2. The Balaban J connectivity index is 1.92. The molecule has 1 aliphatic rings. The number of hydrogen-bond donors (Lipinski definition) is 0. The summed E-state index contributed by atoms with van der Waals surface area (Å²) in [5.74, 6) is 0.396. The molecule has 2 heterocycles. The molecule has 1 aliphatic heterocycles. The number of ether oxygens (including phenoxy) is 1. The van der Waals surface area contributed by atoms with Gasteiger partial charge in [0.25, 0.3) is 0 Å². The first-order chi connectivity index (χ1) is 15.0. The van der Waals surface area contributed by atoms with Gasteiger partial charge in [0, 0.05) is 16.8 Å². The van der Waals surface area contributed by atoms with E-state index in [1.165, 1.54) is 38.3 Å². The molecule has 168 valence electrons. The van der Waals surface area contributed by atoms with E-state index in [0.717, 1.165) is 10.7 Å². The van der Waals surface area contributed by atoms with Crippen LogP contribution in [-0.2, 0) is 16.0 Å².